The lowest BCUT2D eigenvalue weighted by Gasteiger charge is -2.44. The van der Waals surface area contributed by atoms with Gasteiger partial charge < -0.3 is 9.64 Å². The standard InChI is InChI=1S/C11H19F3N2O2/c1-8-6-16(10(17)4-5-18-3)7-9(15(8)2)11(12,13)14/h8-9H,4-7H2,1-3H3. The topological polar surface area (TPSA) is 32.8 Å². The molecule has 7 heteroatoms. The van der Waals surface area contributed by atoms with E-state index in [1.807, 2.05) is 0 Å². The number of halogens is 3. The van der Waals surface area contributed by atoms with Gasteiger partial charge in [0.15, 0.2) is 0 Å². The molecule has 1 aliphatic heterocycles. The molecule has 0 aromatic rings. The fourth-order valence-corrected chi connectivity index (χ4v) is 2.05. The summed E-state index contributed by atoms with van der Waals surface area (Å²) in [6.07, 6.45) is -4.19. The number of rotatable bonds is 3. The zero-order chi connectivity index (χ0) is 13.9. The van der Waals surface area contributed by atoms with Crippen LogP contribution in [-0.2, 0) is 9.53 Å². The Hall–Kier alpha value is -0.820. The maximum absolute atomic E-state index is 12.8. The molecule has 0 aliphatic carbocycles. The number of hydrogen-bond donors (Lipinski definition) is 0. The van der Waals surface area contributed by atoms with Gasteiger partial charge in [-0.25, -0.2) is 0 Å². The van der Waals surface area contributed by atoms with Crippen LogP contribution >= 0.6 is 0 Å². The van der Waals surface area contributed by atoms with Crippen molar-refractivity contribution in [2.24, 2.45) is 0 Å². The van der Waals surface area contributed by atoms with E-state index in [0.29, 0.717) is 6.54 Å². The quantitative estimate of drug-likeness (QED) is 0.769. The monoisotopic (exact) mass is 268 g/mol. The van der Waals surface area contributed by atoms with Gasteiger partial charge in [-0.05, 0) is 14.0 Å². The predicted octanol–water partition coefficient (Wildman–Crippen LogP) is 1.12. The summed E-state index contributed by atoms with van der Waals surface area (Å²) in [5.74, 6) is -0.286. The molecule has 1 aliphatic rings. The molecule has 1 fully saturated rings. The van der Waals surface area contributed by atoms with Gasteiger partial charge in [0, 0.05) is 26.2 Å². The summed E-state index contributed by atoms with van der Waals surface area (Å²) in [5, 5.41) is 0. The van der Waals surface area contributed by atoms with Crippen LogP contribution in [0.3, 0.4) is 0 Å². The third-order valence-electron chi connectivity index (χ3n) is 3.32. The zero-order valence-corrected chi connectivity index (χ0v) is 10.8. The van der Waals surface area contributed by atoms with Crippen molar-refractivity contribution in [2.45, 2.75) is 31.6 Å². The van der Waals surface area contributed by atoms with E-state index < -0.39 is 12.2 Å². The van der Waals surface area contributed by atoms with Gasteiger partial charge in [0.05, 0.1) is 13.0 Å². The van der Waals surface area contributed by atoms with E-state index in [2.05, 4.69) is 0 Å². The first-order chi connectivity index (χ1) is 8.27. The Kier molecular flexibility index (Phi) is 4.98. The second kappa shape index (κ2) is 5.88. The number of amides is 1. The molecule has 0 N–H and O–H groups in total. The predicted molar refractivity (Wildman–Crippen MR) is 60.1 cm³/mol. The van der Waals surface area contributed by atoms with E-state index in [1.165, 1.54) is 24.0 Å². The number of likely N-dealkylation sites (N-methyl/N-ethyl adjacent to an activating group) is 1. The summed E-state index contributed by atoms with van der Waals surface area (Å²) in [6, 6.07) is -1.90. The Morgan fingerprint density at radius 3 is 2.50 bits per heavy atom. The van der Waals surface area contributed by atoms with Gasteiger partial charge >= 0.3 is 6.18 Å². The van der Waals surface area contributed by atoms with Crippen molar-refractivity contribution in [1.29, 1.82) is 0 Å². The highest BCUT2D eigenvalue weighted by Gasteiger charge is 2.47. The summed E-state index contributed by atoms with van der Waals surface area (Å²) in [4.78, 5) is 14.3. The second-order valence-electron chi connectivity index (χ2n) is 4.61. The fourth-order valence-electron chi connectivity index (χ4n) is 2.05. The number of ether oxygens (including phenoxy) is 1. The first-order valence-electron chi connectivity index (χ1n) is 5.82. The van der Waals surface area contributed by atoms with Crippen LogP contribution in [0.1, 0.15) is 13.3 Å². The molecule has 2 atom stereocenters. The number of nitrogens with zero attached hydrogens (tertiary/aromatic N) is 2. The molecular weight excluding hydrogens is 249 g/mol. The van der Waals surface area contributed by atoms with Crippen molar-refractivity contribution in [2.75, 3.05) is 33.9 Å². The van der Waals surface area contributed by atoms with E-state index in [0.717, 1.165) is 0 Å². The highest BCUT2D eigenvalue weighted by molar-refractivity contribution is 5.76. The van der Waals surface area contributed by atoms with Crippen LogP contribution in [0.5, 0.6) is 0 Å². The van der Waals surface area contributed by atoms with E-state index in [4.69, 9.17) is 4.74 Å². The second-order valence-corrected chi connectivity index (χ2v) is 4.61. The van der Waals surface area contributed by atoms with Crippen molar-refractivity contribution < 1.29 is 22.7 Å². The smallest absolute Gasteiger partial charge is 0.384 e. The highest BCUT2D eigenvalue weighted by Crippen LogP contribution is 2.29. The minimum absolute atomic E-state index is 0.123. The van der Waals surface area contributed by atoms with Crippen LogP contribution in [0.2, 0.25) is 0 Å². The Bertz CT molecular complexity index is 297. The normalized spacial score (nSPS) is 26.4. The Labute approximate surface area is 105 Å². The summed E-state index contributed by atoms with van der Waals surface area (Å²) in [6.45, 7) is 1.95. The van der Waals surface area contributed by atoms with Crippen molar-refractivity contribution >= 4 is 5.91 Å². The molecule has 2 unspecified atom stereocenters. The van der Waals surface area contributed by atoms with Crippen molar-refractivity contribution in [1.82, 2.24) is 9.80 Å². The fraction of sp³-hybridized carbons (Fsp3) is 0.909. The molecule has 1 rings (SSSR count). The molecular formula is C11H19F3N2O2. The lowest BCUT2D eigenvalue weighted by Crippen LogP contribution is -2.62. The number of methoxy groups -OCH3 is 1. The van der Waals surface area contributed by atoms with E-state index in [9.17, 15) is 18.0 Å². The minimum atomic E-state index is -4.32. The molecule has 106 valence electrons. The van der Waals surface area contributed by atoms with Gasteiger partial charge in [0.1, 0.15) is 6.04 Å². The molecule has 1 saturated heterocycles. The van der Waals surface area contributed by atoms with Gasteiger partial charge in [-0.3, -0.25) is 9.69 Å². The van der Waals surface area contributed by atoms with E-state index >= 15 is 0 Å². The lowest BCUT2D eigenvalue weighted by molar-refractivity contribution is -0.201. The molecule has 0 radical (unpaired) electrons. The SMILES string of the molecule is COCCC(=O)N1CC(C)N(C)C(C(F)(F)F)C1. The van der Waals surface area contributed by atoms with Crippen molar-refractivity contribution in [3.8, 4) is 0 Å². The Morgan fingerprint density at radius 2 is 2.00 bits per heavy atom. The zero-order valence-electron chi connectivity index (χ0n) is 10.8. The van der Waals surface area contributed by atoms with Gasteiger partial charge in [-0.2, -0.15) is 13.2 Å². The molecule has 0 spiro atoms. The third kappa shape index (κ3) is 3.58. The average molecular weight is 268 g/mol. The first kappa shape index (κ1) is 15.2. The number of carbonyl (C=O) groups is 1. The summed E-state index contributed by atoms with van der Waals surface area (Å²) >= 11 is 0. The van der Waals surface area contributed by atoms with Crippen LogP contribution in [0.4, 0.5) is 13.2 Å². The van der Waals surface area contributed by atoms with Crippen molar-refractivity contribution in [3.05, 3.63) is 0 Å². The van der Waals surface area contributed by atoms with E-state index in [-0.39, 0.29) is 31.5 Å². The highest BCUT2D eigenvalue weighted by atomic mass is 19.4. The molecule has 4 nitrogen and oxygen atoms in total. The minimum Gasteiger partial charge on any atom is -0.384 e. The maximum atomic E-state index is 12.8. The number of alkyl halides is 3. The molecule has 18 heavy (non-hydrogen) atoms. The van der Waals surface area contributed by atoms with Crippen LogP contribution in [-0.4, -0.2) is 67.8 Å². The van der Waals surface area contributed by atoms with Crippen LogP contribution in [0, 0.1) is 0 Å². The van der Waals surface area contributed by atoms with Crippen molar-refractivity contribution in [3.63, 3.8) is 0 Å². The Balaban J connectivity index is 2.70. The summed E-state index contributed by atoms with van der Waals surface area (Å²) < 4.78 is 43.3. The molecule has 0 aromatic carbocycles. The lowest BCUT2D eigenvalue weighted by atomic mass is 10.1. The first-order valence-corrected chi connectivity index (χ1v) is 5.82. The van der Waals surface area contributed by atoms with Gasteiger partial charge in [0.25, 0.3) is 0 Å². The number of piperazine rings is 1. The van der Waals surface area contributed by atoms with Gasteiger partial charge in [-0.15, -0.1) is 0 Å². The van der Waals surface area contributed by atoms with Crippen LogP contribution in [0.15, 0.2) is 0 Å². The Morgan fingerprint density at radius 1 is 1.39 bits per heavy atom. The molecule has 0 bridgehead atoms. The molecule has 0 saturated carbocycles. The average Bonchev–Trinajstić information content (AvgIpc) is 2.27. The summed E-state index contributed by atoms with van der Waals surface area (Å²) in [7, 11) is 2.90. The van der Waals surface area contributed by atoms with Crippen LogP contribution in [0.25, 0.3) is 0 Å². The molecule has 1 amide bonds. The summed E-state index contributed by atoms with van der Waals surface area (Å²) in [5.41, 5.74) is 0. The number of hydrogen-bond acceptors (Lipinski definition) is 3. The maximum Gasteiger partial charge on any atom is 0.405 e. The third-order valence-corrected chi connectivity index (χ3v) is 3.32. The number of carbonyl (C=O) groups excluding carboxylic acids is 1. The molecule has 1 heterocycles. The van der Waals surface area contributed by atoms with Gasteiger partial charge in [0.2, 0.25) is 5.91 Å². The van der Waals surface area contributed by atoms with Gasteiger partial charge in [-0.1, -0.05) is 0 Å². The largest absolute Gasteiger partial charge is 0.405 e. The molecule has 0 aromatic heterocycles. The van der Waals surface area contributed by atoms with E-state index in [1.54, 1.807) is 6.92 Å². The van der Waals surface area contributed by atoms with Crippen LogP contribution < -0.4 is 0 Å².